The predicted octanol–water partition coefficient (Wildman–Crippen LogP) is 2.66. The summed E-state index contributed by atoms with van der Waals surface area (Å²) in [7, 11) is 0. The van der Waals surface area contributed by atoms with Crippen molar-refractivity contribution in [2.24, 2.45) is 5.41 Å². The number of hydrogen-bond acceptors (Lipinski definition) is 4. The average molecular weight is 310 g/mol. The van der Waals surface area contributed by atoms with E-state index in [9.17, 15) is 4.79 Å². The summed E-state index contributed by atoms with van der Waals surface area (Å²) in [5, 5.41) is 6.57. The molecule has 0 aromatic carbocycles. The van der Waals surface area contributed by atoms with E-state index in [1.807, 2.05) is 11.8 Å². The summed E-state index contributed by atoms with van der Waals surface area (Å²) >= 11 is 3.65. The van der Waals surface area contributed by atoms with Crippen LogP contribution in [0.15, 0.2) is 6.07 Å². The fraction of sp³-hybridized carbons (Fsp3) is 0.667. The lowest BCUT2D eigenvalue weighted by atomic mass is 9.83. The largest absolute Gasteiger partial charge is 0.351 e. The van der Waals surface area contributed by atoms with Crippen LogP contribution >= 0.6 is 23.1 Å². The second-order valence-electron chi connectivity index (χ2n) is 6.14. The molecular formula is C15H22N2OS2. The number of rotatable bonds is 3. The number of carbonyl (C=O) groups is 1. The molecule has 0 aliphatic carbocycles. The first kappa shape index (κ1) is 14.4. The number of nitrogens with one attached hydrogen (secondary N) is 2. The normalized spacial score (nSPS) is 26.1. The molecule has 20 heavy (non-hydrogen) atoms. The minimum absolute atomic E-state index is 0.112. The summed E-state index contributed by atoms with van der Waals surface area (Å²) < 4.78 is 0. The first-order chi connectivity index (χ1) is 9.66. The van der Waals surface area contributed by atoms with Gasteiger partial charge in [0.15, 0.2) is 0 Å². The van der Waals surface area contributed by atoms with Crippen molar-refractivity contribution in [3.8, 4) is 0 Å². The van der Waals surface area contributed by atoms with Crippen molar-refractivity contribution in [3.63, 3.8) is 0 Å². The Morgan fingerprint density at radius 1 is 1.55 bits per heavy atom. The van der Waals surface area contributed by atoms with Crippen LogP contribution in [0.25, 0.3) is 0 Å². The highest BCUT2D eigenvalue weighted by Gasteiger charge is 2.27. The number of thioether (sulfide) groups is 1. The molecule has 1 atom stereocenters. The lowest BCUT2D eigenvalue weighted by molar-refractivity contribution is 0.0928. The van der Waals surface area contributed by atoms with Crippen LogP contribution in [0.2, 0.25) is 0 Å². The number of aryl methyl sites for hydroxylation is 1. The number of hydrogen-bond donors (Lipinski definition) is 2. The van der Waals surface area contributed by atoms with Crippen molar-refractivity contribution < 1.29 is 4.79 Å². The van der Waals surface area contributed by atoms with Crippen LogP contribution < -0.4 is 10.6 Å². The molecule has 1 unspecified atom stereocenters. The van der Waals surface area contributed by atoms with Gasteiger partial charge in [0.25, 0.3) is 5.91 Å². The van der Waals surface area contributed by atoms with Gasteiger partial charge in [-0.05, 0) is 48.6 Å². The lowest BCUT2D eigenvalue weighted by Gasteiger charge is -2.34. The summed E-state index contributed by atoms with van der Waals surface area (Å²) in [5.74, 6) is 2.38. The van der Waals surface area contributed by atoms with E-state index in [4.69, 9.17) is 0 Å². The highest BCUT2D eigenvalue weighted by molar-refractivity contribution is 7.98. The van der Waals surface area contributed by atoms with E-state index in [0.717, 1.165) is 36.7 Å². The SMILES string of the molecule is CC1(CNC(=O)c2cc3c(s2)CCSC3)CCCNC1. The summed E-state index contributed by atoms with van der Waals surface area (Å²) in [4.78, 5) is 14.6. The first-order valence-electron chi connectivity index (χ1n) is 7.35. The van der Waals surface area contributed by atoms with Gasteiger partial charge in [-0.2, -0.15) is 11.8 Å². The first-order valence-corrected chi connectivity index (χ1v) is 9.32. The Balaban J connectivity index is 1.60. The second kappa shape index (κ2) is 6.08. The molecule has 1 aromatic rings. The van der Waals surface area contributed by atoms with Gasteiger partial charge in [0, 0.05) is 23.7 Å². The fourth-order valence-electron chi connectivity index (χ4n) is 2.91. The second-order valence-corrected chi connectivity index (χ2v) is 8.38. The van der Waals surface area contributed by atoms with Crippen molar-refractivity contribution in [1.82, 2.24) is 10.6 Å². The molecule has 0 bridgehead atoms. The molecule has 3 rings (SSSR count). The van der Waals surface area contributed by atoms with Gasteiger partial charge in [-0.15, -0.1) is 11.3 Å². The third kappa shape index (κ3) is 3.21. The van der Waals surface area contributed by atoms with Gasteiger partial charge in [0.05, 0.1) is 4.88 Å². The van der Waals surface area contributed by atoms with E-state index in [-0.39, 0.29) is 11.3 Å². The molecule has 2 aliphatic rings. The summed E-state index contributed by atoms with van der Waals surface area (Å²) in [6.07, 6.45) is 3.52. The minimum Gasteiger partial charge on any atom is -0.351 e. The molecule has 1 fully saturated rings. The Labute approximate surface area is 128 Å². The van der Waals surface area contributed by atoms with Gasteiger partial charge in [0.1, 0.15) is 0 Å². The quantitative estimate of drug-likeness (QED) is 0.902. The summed E-state index contributed by atoms with van der Waals surface area (Å²) in [6.45, 7) is 5.15. The Hall–Kier alpha value is -0.520. The Morgan fingerprint density at radius 3 is 3.20 bits per heavy atom. The third-order valence-electron chi connectivity index (χ3n) is 4.21. The molecule has 1 amide bonds. The van der Waals surface area contributed by atoms with Crippen LogP contribution in [0.3, 0.4) is 0 Å². The van der Waals surface area contributed by atoms with E-state index in [0.29, 0.717) is 0 Å². The van der Waals surface area contributed by atoms with E-state index >= 15 is 0 Å². The average Bonchev–Trinajstić information content (AvgIpc) is 2.89. The van der Waals surface area contributed by atoms with E-state index in [1.165, 1.54) is 29.0 Å². The molecule has 110 valence electrons. The van der Waals surface area contributed by atoms with Crippen LogP contribution in [-0.4, -0.2) is 31.3 Å². The lowest BCUT2D eigenvalue weighted by Crippen LogP contribution is -2.45. The van der Waals surface area contributed by atoms with E-state index in [2.05, 4.69) is 23.6 Å². The third-order valence-corrected chi connectivity index (χ3v) is 6.46. The number of fused-ring (bicyclic) bond motifs is 1. The summed E-state index contributed by atoms with van der Waals surface area (Å²) in [6, 6.07) is 2.10. The van der Waals surface area contributed by atoms with Crippen molar-refractivity contribution in [2.45, 2.75) is 31.9 Å². The molecule has 2 aliphatic heterocycles. The van der Waals surface area contributed by atoms with Crippen LogP contribution in [-0.2, 0) is 12.2 Å². The maximum Gasteiger partial charge on any atom is 0.261 e. The smallest absolute Gasteiger partial charge is 0.261 e. The van der Waals surface area contributed by atoms with Gasteiger partial charge in [-0.3, -0.25) is 4.79 Å². The van der Waals surface area contributed by atoms with Gasteiger partial charge >= 0.3 is 0 Å². The highest BCUT2D eigenvalue weighted by atomic mass is 32.2. The zero-order chi connectivity index (χ0) is 14.0. The molecule has 2 N–H and O–H groups in total. The molecule has 1 aromatic heterocycles. The van der Waals surface area contributed by atoms with Crippen molar-refractivity contribution in [3.05, 3.63) is 21.4 Å². The fourth-order valence-corrected chi connectivity index (χ4v) is 5.20. The van der Waals surface area contributed by atoms with Gasteiger partial charge in [-0.1, -0.05) is 6.92 Å². The molecule has 3 nitrogen and oxygen atoms in total. The van der Waals surface area contributed by atoms with Crippen molar-refractivity contribution >= 4 is 29.0 Å². The van der Waals surface area contributed by atoms with Gasteiger partial charge in [0.2, 0.25) is 0 Å². The maximum absolute atomic E-state index is 12.3. The molecule has 1 saturated heterocycles. The standard InChI is InChI=1S/C15H22N2OS2/c1-15(4-2-5-16-9-15)10-17-14(18)13-7-11-8-19-6-3-12(11)20-13/h7,16H,2-6,8-10H2,1H3,(H,17,18). The molecule has 3 heterocycles. The van der Waals surface area contributed by atoms with Gasteiger partial charge < -0.3 is 10.6 Å². The monoisotopic (exact) mass is 310 g/mol. The number of amides is 1. The van der Waals surface area contributed by atoms with Crippen LogP contribution in [0.1, 0.15) is 39.9 Å². The Morgan fingerprint density at radius 2 is 2.45 bits per heavy atom. The topological polar surface area (TPSA) is 41.1 Å². The Bertz CT molecular complexity index is 469. The highest BCUT2D eigenvalue weighted by Crippen LogP contribution is 2.32. The minimum atomic E-state index is 0.112. The van der Waals surface area contributed by atoms with Crippen molar-refractivity contribution in [2.75, 3.05) is 25.4 Å². The zero-order valence-corrected chi connectivity index (χ0v) is 13.6. The molecular weight excluding hydrogens is 288 g/mol. The summed E-state index contributed by atoms with van der Waals surface area (Å²) in [5.41, 5.74) is 1.59. The molecule has 0 radical (unpaired) electrons. The number of carbonyl (C=O) groups excluding carboxylic acids is 1. The maximum atomic E-state index is 12.3. The zero-order valence-electron chi connectivity index (χ0n) is 12.0. The van der Waals surface area contributed by atoms with Crippen molar-refractivity contribution in [1.29, 1.82) is 0 Å². The van der Waals surface area contributed by atoms with Gasteiger partial charge in [-0.25, -0.2) is 0 Å². The van der Waals surface area contributed by atoms with E-state index < -0.39 is 0 Å². The molecule has 0 spiro atoms. The molecule has 0 saturated carbocycles. The number of thiophene rings is 1. The van der Waals surface area contributed by atoms with Crippen LogP contribution in [0.4, 0.5) is 0 Å². The van der Waals surface area contributed by atoms with E-state index in [1.54, 1.807) is 11.3 Å². The van der Waals surface area contributed by atoms with Crippen LogP contribution in [0, 0.1) is 5.41 Å². The number of piperidine rings is 1. The van der Waals surface area contributed by atoms with Crippen LogP contribution in [0.5, 0.6) is 0 Å². The predicted molar refractivity (Wildman–Crippen MR) is 86.7 cm³/mol. The molecule has 5 heteroatoms. The Kier molecular flexibility index (Phi) is 4.38.